The zero-order valence-corrected chi connectivity index (χ0v) is 13.3. The molecular weight excluding hydrogens is 312 g/mol. The van der Waals surface area contributed by atoms with Crippen LogP contribution < -0.4 is 10.6 Å². The lowest BCUT2D eigenvalue weighted by Gasteiger charge is -2.13. The predicted molar refractivity (Wildman–Crippen MR) is 89.2 cm³/mol. The lowest BCUT2D eigenvalue weighted by molar-refractivity contribution is 0.247. The fourth-order valence-corrected chi connectivity index (χ4v) is 2.76. The number of hydrogen-bond acceptors (Lipinski definition) is 5. The molecule has 1 atom stereocenters. The molecule has 3 aromatic rings. The van der Waals surface area contributed by atoms with Crippen LogP contribution in [0.4, 0.5) is 9.80 Å². The number of carbonyl (C=O) groups is 1. The van der Waals surface area contributed by atoms with Crippen LogP contribution in [0.2, 0.25) is 0 Å². The van der Waals surface area contributed by atoms with E-state index in [1.807, 2.05) is 43.3 Å². The van der Waals surface area contributed by atoms with E-state index >= 15 is 0 Å². The van der Waals surface area contributed by atoms with Crippen molar-refractivity contribution in [3.63, 3.8) is 0 Å². The van der Waals surface area contributed by atoms with Crippen LogP contribution in [0.3, 0.4) is 0 Å². The van der Waals surface area contributed by atoms with E-state index in [-0.39, 0.29) is 12.1 Å². The highest BCUT2D eigenvalue weighted by Gasteiger charge is 2.11. The second kappa shape index (κ2) is 7.01. The quantitative estimate of drug-likeness (QED) is 0.754. The van der Waals surface area contributed by atoms with E-state index in [2.05, 4.69) is 25.1 Å². The van der Waals surface area contributed by atoms with E-state index in [9.17, 15) is 4.79 Å². The van der Waals surface area contributed by atoms with Crippen LogP contribution >= 0.6 is 11.5 Å². The van der Waals surface area contributed by atoms with Gasteiger partial charge in [-0.1, -0.05) is 30.3 Å². The molecule has 3 rings (SSSR count). The maximum atomic E-state index is 12.0. The number of anilines is 1. The minimum absolute atomic E-state index is 0.0711. The second-order valence-corrected chi connectivity index (χ2v) is 5.86. The number of rotatable bonds is 5. The lowest BCUT2D eigenvalue weighted by atomic mass is 10.2. The number of hydrogen-bond donors (Lipinski definition) is 2. The number of aromatic nitrogens is 4. The molecule has 2 aromatic heterocycles. The van der Waals surface area contributed by atoms with Crippen LogP contribution in [0.15, 0.2) is 49.1 Å². The summed E-state index contributed by atoms with van der Waals surface area (Å²) in [4.78, 5) is 15.9. The van der Waals surface area contributed by atoms with Crippen LogP contribution in [-0.2, 0) is 6.54 Å². The van der Waals surface area contributed by atoms with Gasteiger partial charge in [-0.2, -0.15) is 9.47 Å². The van der Waals surface area contributed by atoms with E-state index in [4.69, 9.17) is 0 Å². The second-order valence-electron chi connectivity index (χ2n) is 5.06. The van der Waals surface area contributed by atoms with Crippen LogP contribution in [0, 0.1) is 0 Å². The Morgan fingerprint density at radius 3 is 2.91 bits per heavy atom. The van der Waals surface area contributed by atoms with Crippen molar-refractivity contribution in [3.05, 3.63) is 49.1 Å². The molecule has 0 aliphatic carbocycles. The highest BCUT2D eigenvalue weighted by atomic mass is 32.1. The molecule has 0 aliphatic rings. The van der Waals surface area contributed by atoms with Gasteiger partial charge in [0.25, 0.3) is 0 Å². The first-order chi connectivity index (χ1) is 11.2. The summed E-state index contributed by atoms with van der Waals surface area (Å²) in [5, 5.41) is 10.4. The van der Waals surface area contributed by atoms with Crippen molar-refractivity contribution < 1.29 is 4.79 Å². The van der Waals surface area contributed by atoms with Gasteiger partial charge in [-0.25, -0.2) is 9.78 Å². The summed E-state index contributed by atoms with van der Waals surface area (Å²) in [6, 6.07) is 11.4. The third-order valence-corrected chi connectivity index (χ3v) is 3.83. The monoisotopic (exact) mass is 328 g/mol. The van der Waals surface area contributed by atoms with Gasteiger partial charge >= 0.3 is 6.03 Å². The minimum Gasteiger partial charge on any atom is -0.334 e. The molecule has 23 heavy (non-hydrogen) atoms. The average molecular weight is 328 g/mol. The Kier molecular flexibility index (Phi) is 4.62. The molecule has 0 aliphatic heterocycles. The van der Waals surface area contributed by atoms with Crippen molar-refractivity contribution in [2.24, 2.45) is 0 Å². The van der Waals surface area contributed by atoms with Gasteiger partial charge in [-0.15, -0.1) is 0 Å². The number of amides is 2. The van der Waals surface area contributed by atoms with Gasteiger partial charge in [-0.05, 0) is 18.5 Å². The van der Waals surface area contributed by atoms with Gasteiger partial charge in [0.05, 0.1) is 12.2 Å². The molecule has 7 nitrogen and oxygen atoms in total. The highest BCUT2D eigenvalue weighted by Crippen LogP contribution is 2.24. The zero-order valence-electron chi connectivity index (χ0n) is 12.5. The lowest BCUT2D eigenvalue weighted by Crippen LogP contribution is -2.38. The number of nitrogens with zero attached hydrogens (tertiary/aromatic N) is 4. The molecule has 1 unspecified atom stereocenters. The molecule has 0 saturated carbocycles. The molecule has 118 valence electrons. The zero-order chi connectivity index (χ0) is 16.1. The Morgan fingerprint density at radius 1 is 1.35 bits per heavy atom. The van der Waals surface area contributed by atoms with Crippen molar-refractivity contribution in [2.75, 3.05) is 5.32 Å². The van der Waals surface area contributed by atoms with Crippen LogP contribution in [-0.4, -0.2) is 31.2 Å². The van der Waals surface area contributed by atoms with Crippen LogP contribution in [0.1, 0.15) is 6.92 Å². The van der Waals surface area contributed by atoms with Crippen molar-refractivity contribution in [1.82, 2.24) is 24.5 Å². The molecule has 0 spiro atoms. The van der Waals surface area contributed by atoms with Crippen molar-refractivity contribution >= 4 is 22.6 Å². The smallest absolute Gasteiger partial charge is 0.320 e. The molecule has 2 N–H and O–H groups in total. The van der Waals surface area contributed by atoms with Gasteiger partial charge < -0.3 is 5.32 Å². The van der Waals surface area contributed by atoms with Gasteiger partial charge in [0.15, 0.2) is 0 Å². The number of nitrogens with one attached hydrogen (secondary N) is 2. The maximum absolute atomic E-state index is 12.0. The summed E-state index contributed by atoms with van der Waals surface area (Å²) in [5.41, 5.74) is 1.87. The largest absolute Gasteiger partial charge is 0.334 e. The van der Waals surface area contributed by atoms with E-state index < -0.39 is 0 Å². The predicted octanol–water partition coefficient (Wildman–Crippen LogP) is 2.61. The molecule has 2 heterocycles. The van der Waals surface area contributed by atoms with Crippen molar-refractivity contribution in [2.45, 2.75) is 19.5 Å². The average Bonchev–Trinajstić information content (AvgIpc) is 3.20. The first-order valence-corrected chi connectivity index (χ1v) is 7.90. The summed E-state index contributed by atoms with van der Waals surface area (Å²) >= 11 is 1.26. The molecule has 8 heteroatoms. The summed E-state index contributed by atoms with van der Waals surface area (Å²) in [6.45, 7) is 2.47. The first-order valence-electron chi connectivity index (χ1n) is 7.13. The van der Waals surface area contributed by atoms with Gasteiger partial charge in [0.2, 0.25) is 0 Å². The van der Waals surface area contributed by atoms with Gasteiger partial charge in [0, 0.05) is 17.7 Å². The normalized spacial score (nSPS) is 11.9. The van der Waals surface area contributed by atoms with Gasteiger partial charge in [-0.3, -0.25) is 10.00 Å². The van der Waals surface area contributed by atoms with Crippen LogP contribution in [0.5, 0.6) is 0 Å². The molecule has 0 radical (unpaired) electrons. The minimum atomic E-state index is -0.263. The van der Waals surface area contributed by atoms with E-state index in [0.29, 0.717) is 11.5 Å². The Bertz CT molecular complexity index is 755. The van der Waals surface area contributed by atoms with Gasteiger partial charge in [0.1, 0.15) is 17.7 Å². The number of benzene rings is 1. The van der Waals surface area contributed by atoms with E-state index in [0.717, 1.165) is 11.3 Å². The Morgan fingerprint density at radius 2 is 2.17 bits per heavy atom. The Labute approximate surface area is 137 Å². The standard InChI is InChI=1S/C15H16N6OS/c1-11(8-21-10-16-9-17-21)18-15(22)19-14-7-13(20-23-14)12-5-3-2-4-6-12/h2-7,9-11H,8H2,1H3,(H2,18,19,22). The highest BCUT2D eigenvalue weighted by molar-refractivity contribution is 7.10. The third-order valence-electron chi connectivity index (χ3n) is 3.12. The summed E-state index contributed by atoms with van der Waals surface area (Å²) in [7, 11) is 0. The maximum Gasteiger partial charge on any atom is 0.320 e. The van der Waals surface area contributed by atoms with E-state index in [1.54, 1.807) is 11.0 Å². The topological polar surface area (TPSA) is 84.7 Å². The third kappa shape index (κ3) is 4.13. The summed E-state index contributed by atoms with van der Waals surface area (Å²) in [5.74, 6) is 0. The van der Waals surface area contributed by atoms with Crippen molar-refractivity contribution in [3.8, 4) is 11.3 Å². The van der Waals surface area contributed by atoms with E-state index in [1.165, 1.54) is 17.9 Å². The fourth-order valence-electron chi connectivity index (χ4n) is 2.10. The first kappa shape index (κ1) is 15.2. The molecule has 1 aromatic carbocycles. The number of urea groups is 1. The fraction of sp³-hybridized carbons (Fsp3) is 0.200. The summed E-state index contributed by atoms with van der Waals surface area (Å²) in [6.07, 6.45) is 3.08. The molecule has 0 saturated heterocycles. The molecule has 0 bridgehead atoms. The molecular formula is C15H16N6OS. The van der Waals surface area contributed by atoms with Crippen LogP contribution in [0.25, 0.3) is 11.3 Å². The number of carbonyl (C=O) groups excluding carboxylic acids is 1. The molecule has 0 fully saturated rings. The Balaban J connectivity index is 1.55. The summed E-state index contributed by atoms with van der Waals surface area (Å²) < 4.78 is 6.03. The molecule has 2 amide bonds. The SMILES string of the molecule is CC(Cn1cncn1)NC(=O)Nc1cc(-c2ccccc2)ns1. The Hall–Kier alpha value is -2.74. The van der Waals surface area contributed by atoms with Crippen molar-refractivity contribution in [1.29, 1.82) is 0 Å².